The number of fused-ring (bicyclic) bond motifs is 1. The summed E-state index contributed by atoms with van der Waals surface area (Å²) in [5, 5.41) is 0.355. The van der Waals surface area contributed by atoms with Crippen LogP contribution in [0.3, 0.4) is 0 Å². The molecule has 0 spiro atoms. The SMILES string of the molecule is Cc1c(Cl)cccc1S(=O)(=O)Nc1cc2nccnc2nc1OCc1cccnc1. The molecule has 0 aliphatic heterocycles. The first-order valence-electron chi connectivity index (χ1n) is 8.85. The van der Waals surface area contributed by atoms with Gasteiger partial charge in [-0.05, 0) is 36.8 Å². The lowest BCUT2D eigenvalue weighted by molar-refractivity contribution is 0.296. The Morgan fingerprint density at radius 2 is 1.93 bits per heavy atom. The Bertz CT molecular complexity index is 1320. The summed E-state index contributed by atoms with van der Waals surface area (Å²) >= 11 is 6.10. The van der Waals surface area contributed by atoms with Crippen LogP contribution in [0.1, 0.15) is 11.1 Å². The molecule has 1 N–H and O–H groups in total. The molecule has 10 heteroatoms. The van der Waals surface area contributed by atoms with Crippen molar-refractivity contribution in [2.45, 2.75) is 18.4 Å². The summed E-state index contributed by atoms with van der Waals surface area (Å²) in [5.74, 6) is 0.0788. The van der Waals surface area contributed by atoms with Crippen LogP contribution in [0.5, 0.6) is 5.88 Å². The van der Waals surface area contributed by atoms with Gasteiger partial charge in [0.15, 0.2) is 5.65 Å². The van der Waals surface area contributed by atoms with E-state index in [1.54, 1.807) is 37.5 Å². The molecule has 0 aliphatic rings. The molecule has 0 amide bonds. The molecule has 8 nitrogen and oxygen atoms in total. The van der Waals surface area contributed by atoms with Gasteiger partial charge in [0.05, 0.1) is 4.90 Å². The van der Waals surface area contributed by atoms with Crippen molar-refractivity contribution in [2.75, 3.05) is 4.72 Å². The highest BCUT2D eigenvalue weighted by Crippen LogP contribution is 2.30. The van der Waals surface area contributed by atoms with Crippen LogP contribution in [0.2, 0.25) is 5.02 Å². The molecule has 0 saturated carbocycles. The van der Waals surface area contributed by atoms with Gasteiger partial charge >= 0.3 is 0 Å². The summed E-state index contributed by atoms with van der Waals surface area (Å²) in [6, 6.07) is 9.84. The second-order valence-corrected chi connectivity index (χ2v) is 8.42. The van der Waals surface area contributed by atoms with Crippen molar-refractivity contribution in [1.82, 2.24) is 19.9 Å². The average Bonchev–Trinajstić information content (AvgIpc) is 2.74. The molecule has 3 heterocycles. The number of aromatic nitrogens is 4. The minimum absolute atomic E-state index is 0.0625. The monoisotopic (exact) mass is 441 g/mol. The van der Waals surface area contributed by atoms with Crippen molar-refractivity contribution < 1.29 is 13.2 Å². The van der Waals surface area contributed by atoms with E-state index in [2.05, 4.69) is 24.7 Å². The van der Waals surface area contributed by atoms with Crippen molar-refractivity contribution >= 4 is 38.5 Å². The maximum absolute atomic E-state index is 13.0. The third-order valence-electron chi connectivity index (χ3n) is 4.28. The number of sulfonamides is 1. The molecule has 0 aliphatic carbocycles. The largest absolute Gasteiger partial charge is 0.471 e. The predicted octanol–water partition coefficient (Wildman–Crippen LogP) is 3.76. The Balaban J connectivity index is 1.73. The van der Waals surface area contributed by atoms with Crippen LogP contribution in [-0.2, 0) is 16.6 Å². The third kappa shape index (κ3) is 4.17. The lowest BCUT2D eigenvalue weighted by Crippen LogP contribution is -2.16. The van der Waals surface area contributed by atoms with Crippen LogP contribution in [0.4, 0.5) is 5.69 Å². The second-order valence-electron chi connectivity index (χ2n) is 6.36. The summed E-state index contributed by atoms with van der Waals surface area (Å²) < 4.78 is 34.4. The third-order valence-corrected chi connectivity index (χ3v) is 6.19. The molecule has 1 aromatic carbocycles. The highest BCUT2D eigenvalue weighted by atomic mass is 35.5. The van der Waals surface area contributed by atoms with Gasteiger partial charge in [0, 0.05) is 35.4 Å². The first-order valence-corrected chi connectivity index (χ1v) is 10.7. The van der Waals surface area contributed by atoms with Crippen LogP contribution >= 0.6 is 11.6 Å². The predicted molar refractivity (Wildman–Crippen MR) is 113 cm³/mol. The maximum atomic E-state index is 13.0. The molecule has 4 aromatic rings. The van der Waals surface area contributed by atoms with Gasteiger partial charge < -0.3 is 4.74 Å². The normalized spacial score (nSPS) is 11.4. The van der Waals surface area contributed by atoms with E-state index < -0.39 is 10.0 Å². The smallest absolute Gasteiger partial charge is 0.262 e. The van der Waals surface area contributed by atoms with Crippen molar-refractivity contribution in [3.63, 3.8) is 0 Å². The molecule has 0 atom stereocenters. The Hall–Kier alpha value is -3.30. The quantitative estimate of drug-likeness (QED) is 0.485. The van der Waals surface area contributed by atoms with Gasteiger partial charge in [-0.3, -0.25) is 14.7 Å². The van der Waals surface area contributed by atoms with Gasteiger partial charge in [-0.25, -0.2) is 13.4 Å². The van der Waals surface area contributed by atoms with E-state index in [4.69, 9.17) is 16.3 Å². The standard InChI is InChI=1S/C20H16ClN5O3S/c1-13-15(21)5-2-6-18(13)30(27,28)26-17-10-16-19(24-9-8-23-16)25-20(17)29-12-14-4-3-7-22-11-14/h2-11,26H,12H2,1H3. The lowest BCUT2D eigenvalue weighted by atomic mass is 10.2. The van der Waals surface area contributed by atoms with Gasteiger partial charge in [0.2, 0.25) is 5.88 Å². The van der Waals surface area contributed by atoms with Crippen molar-refractivity contribution in [1.29, 1.82) is 0 Å². The van der Waals surface area contributed by atoms with E-state index in [1.807, 2.05) is 6.07 Å². The molecule has 0 bridgehead atoms. The summed E-state index contributed by atoms with van der Waals surface area (Å²) in [5.41, 5.74) is 2.15. The fourth-order valence-corrected chi connectivity index (χ4v) is 4.33. The van der Waals surface area contributed by atoms with E-state index in [1.165, 1.54) is 24.5 Å². The summed E-state index contributed by atoms with van der Waals surface area (Å²) in [6.07, 6.45) is 6.30. The van der Waals surface area contributed by atoms with Gasteiger partial charge in [-0.2, -0.15) is 4.98 Å². The maximum Gasteiger partial charge on any atom is 0.262 e. The Labute approximate surface area is 178 Å². The molecular weight excluding hydrogens is 426 g/mol. The Kier molecular flexibility index (Phi) is 5.47. The summed E-state index contributed by atoms with van der Waals surface area (Å²) in [7, 11) is -3.96. The van der Waals surface area contributed by atoms with Crippen molar-refractivity contribution in [3.05, 3.63) is 77.3 Å². The van der Waals surface area contributed by atoms with Crippen LogP contribution in [-0.4, -0.2) is 28.4 Å². The van der Waals surface area contributed by atoms with Gasteiger partial charge in [0.25, 0.3) is 10.0 Å². The van der Waals surface area contributed by atoms with Crippen LogP contribution < -0.4 is 9.46 Å². The highest BCUT2D eigenvalue weighted by Gasteiger charge is 2.21. The van der Waals surface area contributed by atoms with Crippen molar-refractivity contribution in [3.8, 4) is 5.88 Å². The molecule has 30 heavy (non-hydrogen) atoms. The highest BCUT2D eigenvalue weighted by molar-refractivity contribution is 7.92. The average molecular weight is 442 g/mol. The molecule has 4 rings (SSSR count). The Morgan fingerprint density at radius 1 is 1.10 bits per heavy atom. The number of ether oxygens (including phenoxy) is 1. The zero-order valence-electron chi connectivity index (χ0n) is 15.8. The number of nitrogens with zero attached hydrogens (tertiary/aromatic N) is 4. The fraction of sp³-hybridized carbons (Fsp3) is 0.100. The number of benzene rings is 1. The number of pyridine rings is 2. The molecule has 0 radical (unpaired) electrons. The molecular formula is C20H16ClN5O3S. The minimum Gasteiger partial charge on any atom is -0.471 e. The minimum atomic E-state index is -3.96. The summed E-state index contributed by atoms with van der Waals surface area (Å²) in [6.45, 7) is 1.79. The van der Waals surface area contributed by atoms with E-state index in [0.29, 0.717) is 21.7 Å². The number of halogens is 1. The number of rotatable bonds is 6. The molecule has 152 valence electrons. The van der Waals surface area contributed by atoms with E-state index in [9.17, 15) is 8.42 Å². The lowest BCUT2D eigenvalue weighted by Gasteiger charge is -2.15. The van der Waals surface area contributed by atoms with E-state index in [-0.39, 0.29) is 23.1 Å². The van der Waals surface area contributed by atoms with Gasteiger partial charge in [0.1, 0.15) is 17.8 Å². The van der Waals surface area contributed by atoms with Crippen LogP contribution in [0, 0.1) is 6.92 Å². The van der Waals surface area contributed by atoms with Crippen LogP contribution in [0.15, 0.2) is 66.1 Å². The number of nitrogens with one attached hydrogen (secondary N) is 1. The van der Waals surface area contributed by atoms with E-state index in [0.717, 1.165) is 5.56 Å². The molecule has 0 fully saturated rings. The Morgan fingerprint density at radius 3 is 2.73 bits per heavy atom. The fourth-order valence-electron chi connectivity index (χ4n) is 2.78. The molecule has 0 saturated heterocycles. The first kappa shape index (κ1) is 20.0. The molecule has 3 aromatic heterocycles. The van der Waals surface area contributed by atoms with Gasteiger partial charge in [-0.15, -0.1) is 0 Å². The number of hydrogen-bond donors (Lipinski definition) is 1. The number of anilines is 1. The van der Waals surface area contributed by atoms with Crippen LogP contribution in [0.25, 0.3) is 11.2 Å². The zero-order valence-corrected chi connectivity index (χ0v) is 17.4. The first-order chi connectivity index (χ1) is 14.4. The second kappa shape index (κ2) is 8.21. The molecule has 0 unspecified atom stereocenters. The van der Waals surface area contributed by atoms with Crippen molar-refractivity contribution in [2.24, 2.45) is 0 Å². The van der Waals surface area contributed by atoms with Gasteiger partial charge in [-0.1, -0.05) is 23.7 Å². The summed E-state index contributed by atoms with van der Waals surface area (Å²) in [4.78, 5) is 16.8. The topological polar surface area (TPSA) is 107 Å². The van der Waals surface area contributed by atoms with E-state index >= 15 is 0 Å². The zero-order chi connectivity index (χ0) is 21.1. The number of hydrogen-bond acceptors (Lipinski definition) is 7.